The summed E-state index contributed by atoms with van der Waals surface area (Å²) in [5.74, 6) is -3.44. The van der Waals surface area contributed by atoms with Gasteiger partial charge in [0.2, 0.25) is 11.8 Å². The van der Waals surface area contributed by atoms with Crippen LogP contribution in [-0.2, 0) is 29.1 Å². The number of benzene rings is 2. The van der Waals surface area contributed by atoms with Gasteiger partial charge >= 0.3 is 5.97 Å². The van der Waals surface area contributed by atoms with Crippen LogP contribution in [0.1, 0.15) is 90.6 Å². The first-order valence-electron chi connectivity index (χ1n) is 13.1. The number of rotatable bonds is 13. The molecule has 11 nitrogen and oxygen atoms in total. The van der Waals surface area contributed by atoms with Gasteiger partial charge in [-0.15, -0.1) is 0 Å². The zero-order valence-electron chi connectivity index (χ0n) is 22.3. The number of esters is 1. The van der Waals surface area contributed by atoms with Gasteiger partial charge in [-0.25, -0.2) is 13.1 Å². The normalized spacial score (nSPS) is 12.5. The number of fused-ring (bicyclic) bond motifs is 2. The molecule has 0 saturated heterocycles. The van der Waals surface area contributed by atoms with Gasteiger partial charge in [-0.05, 0) is 37.8 Å². The zero-order chi connectivity index (χ0) is 29.4. The van der Waals surface area contributed by atoms with Crippen LogP contribution in [0.2, 0.25) is 0 Å². The quantitative estimate of drug-likeness (QED) is 0.206. The molecule has 2 aromatic rings. The van der Waals surface area contributed by atoms with Crippen molar-refractivity contribution in [1.29, 1.82) is 0 Å². The van der Waals surface area contributed by atoms with Crippen molar-refractivity contribution in [2.45, 2.75) is 69.8 Å². The maximum atomic E-state index is 13.1. The van der Waals surface area contributed by atoms with E-state index >= 15 is 0 Å². The van der Waals surface area contributed by atoms with Crippen LogP contribution in [-0.4, -0.2) is 55.5 Å². The number of ether oxygens (including phenoxy) is 1. The summed E-state index contributed by atoms with van der Waals surface area (Å²) < 4.78 is 33.2. The van der Waals surface area contributed by atoms with E-state index in [1.165, 1.54) is 30.3 Å². The molecule has 2 aromatic carbocycles. The summed E-state index contributed by atoms with van der Waals surface area (Å²) in [5, 5.41) is 12.7. The molecule has 0 atom stereocenters. The second-order valence-electron chi connectivity index (χ2n) is 9.30. The highest BCUT2D eigenvalue weighted by atomic mass is 32.2. The van der Waals surface area contributed by atoms with E-state index in [1.807, 2.05) is 18.6 Å². The van der Waals surface area contributed by atoms with E-state index in [9.17, 15) is 37.5 Å². The number of ketones is 2. The van der Waals surface area contributed by atoms with E-state index in [4.69, 9.17) is 4.74 Å². The van der Waals surface area contributed by atoms with Crippen molar-refractivity contribution in [3.8, 4) is 5.75 Å². The lowest BCUT2D eigenvalue weighted by atomic mass is 9.83. The number of sulfonamides is 1. The first-order valence-corrected chi connectivity index (χ1v) is 14.5. The third-order valence-corrected chi connectivity index (χ3v) is 7.86. The van der Waals surface area contributed by atoms with E-state index in [1.54, 1.807) is 0 Å². The van der Waals surface area contributed by atoms with Crippen molar-refractivity contribution < 1.29 is 42.2 Å². The first-order chi connectivity index (χ1) is 19.0. The number of aromatic hydroxyl groups is 1. The second-order valence-corrected chi connectivity index (χ2v) is 11.0. The lowest BCUT2D eigenvalue weighted by Gasteiger charge is -2.20. The molecule has 0 radical (unpaired) electrons. The van der Waals surface area contributed by atoms with Crippen LogP contribution in [0.4, 0.5) is 0 Å². The Morgan fingerprint density at radius 2 is 1.45 bits per heavy atom. The smallest absolute Gasteiger partial charge is 0.306 e. The van der Waals surface area contributed by atoms with Gasteiger partial charge in [0.1, 0.15) is 11.9 Å². The van der Waals surface area contributed by atoms with Crippen LogP contribution in [0.3, 0.4) is 0 Å². The van der Waals surface area contributed by atoms with Gasteiger partial charge in [0, 0.05) is 36.9 Å². The Hall–Kier alpha value is -4.06. The molecule has 0 saturated carbocycles. The Labute approximate surface area is 232 Å². The summed E-state index contributed by atoms with van der Waals surface area (Å²) in [6.07, 6.45) is 1.65. The molecule has 12 heteroatoms. The van der Waals surface area contributed by atoms with Gasteiger partial charge in [0.25, 0.3) is 10.0 Å². The highest BCUT2D eigenvalue weighted by molar-refractivity contribution is 7.90. The minimum atomic E-state index is -4.54. The first kappa shape index (κ1) is 30.5. The summed E-state index contributed by atoms with van der Waals surface area (Å²) in [5.41, 5.74) is -0.928. The molecule has 0 aromatic heterocycles. The molecule has 0 unspecified atom stereocenters. The fourth-order valence-corrected chi connectivity index (χ4v) is 5.57. The number of hydrogen-bond donors (Lipinski definition) is 3. The van der Waals surface area contributed by atoms with E-state index in [2.05, 4.69) is 5.32 Å². The summed E-state index contributed by atoms with van der Waals surface area (Å²) in [6, 6.07) is 7.58. The molecule has 0 spiro atoms. The Morgan fingerprint density at radius 1 is 0.850 bits per heavy atom. The highest BCUT2D eigenvalue weighted by Gasteiger charge is 2.36. The number of carbonyl (C=O) groups is 5. The van der Waals surface area contributed by atoms with Gasteiger partial charge in [-0.2, -0.15) is 0 Å². The van der Waals surface area contributed by atoms with Crippen molar-refractivity contribution >= 4 is 39.4 Å². The van der Waals surface area contributed by atoms with Gasteiger partial charge in [-0.1, -0.05) is 38.1 Å². The Kier molecular flexibility index (Phi) is 10.2. The van der Waals surface area contributed by atoms with Crippen LogP contribution in [0.25, 0.3) is 0 Å². The van der Waals surface area contributed by atoms with Crippen molar-refractivity contribution in [2.75, 3.05) is 6.54 Å². The number of carbonyl (C=O) groups excluding carboxylic acids is 5. The van der Waals surface area contributed by atoms with Gasteiger partial charge in [0.15, 0.2) is 11.6 Å². The molecular weight excluding hydrogens is 540 g/mol. The Balaban J connectivity index is 1.52. The maximum absolute atomic E-state index is 13.1. The van der Waals surface area contributed by atoms with Crippen LogP contribution in [0.5, 0.6) is 5.75 Å². The SMILES string of the molecule is CCC(CC)OC(=O)CCCNC(=O)CCCC(=O)NS(=O)(=O)c1cccc2c1C(=O)c1cccc(O)c1C2=O. The number of phenolic OH excluding ortho intramolecular Hbond substituents is 1. The molecule has 0 aliphatic heterocycles. The minimum Gasteiger partial charge on any atom is -0.507 e. The third kappa shape index (κ3) is 7.12. The molecule has 214 valence electrons. The number of phenols is 1. The lowest BCUT2D eigenvalue weighted by molar-refractivity contribution is -0.149. The van der Waals surface area contributed by atoms with Crippen molar-refractivity contribution in [1.82, 2.24) is 10.0 Å². The second kappa shape index (κ2) is 13.3. The van der Waals surface area contributed by atoms with E-state index in [0.717, 1.165) is 18.9 Å². The standard InChI is InChI=1S/C28H32N2O9S/c1-3-17(4-2)39-24(34)15-8-16-29-22(32)13-7-14-23(33)30-40(37,38)21-12-6-10-19-26(21)28(36)18-9-5-11-20(31)25(18)27(19)35/h5-6,9-12,17,31H,3-4,7-8,13-16H2,1-2H3,(H,29,32)(H,30,33). The molecule has 1 aliphatic carbocycles. The minimum absolute atomic E-state index is 0.0420. The summed E-state index contributed by atoms with van der Waals surface area (Å²) >= 11 is 0. The molecule has 40 heavy (non-hydrogen) atoms. The van der Waals surface area contributed by atoms with Gasteiger partial charge in [-0.3, -0.25) is 24.0 Å². The van der Waals surface area contributed by atoms with Crippen molar-refractivity contribution in [2.24, 2.45) is 0 Å². The topological polar surface area (TPSA) is 173 Å². The fourth-order valence-electron chi connectivity index (χ4n) is 4.33. The molecule has 3 rings (SSSR count). The predicted octanol–water partition coefficient (Wildman–Crippen LogP) is 2.77. The average molecular weight is 573 g/mol. The van der Waals surface area contributed by atoms with E-state index in [0.29, 0.717) is 6.42 Å². The van der Waals surface area contributed by atoms with Crippen LogP contribution >= 0.6 is 0 Å². The van der Waals surface area contributed by atoms with Crippen LogP contribution in [0.15, 0.2) is 41.3 Å². The molecular formula is C28H32N2O9S. The predicted molar refractivity (Wildman–Crippen MR) is 143 cm³/mol. The monoisotopic (exact) mass is 572 g/mol. The number of amides is 2. The maximum Gasteiger partial charge on any atom is 0.306 e. The van der Waals surface area contributed by atoms with E-state index < -0.39 is 38.1 Å². The highest BCUT2D eigenvalue weighted by Crippen LogP contribution is 2.35. The molecule has 1 aliphatic rings. The number of nitrogens with one attached hydrogen (secondary N) is 2. The summed E-state index contributed by atoms with van der Waals surface area (Å²) in [6.45, 7) is 4.12. The van der Waals surface area contributed by atoms with Crippen molar-refractivity contribution in [3.05, 3.63) is 58.7 Å². The average Bonchev–Trinajstić information content (AvgIpc) is 2.92. The molecule has 3 N–H and O–H groups in total. The Bertz CT molecular complexity index is 1430. The van der Waals surface area contributed by atoms with E-state index in [-0.39, 0.29) is 72.5 Å². The molecule has 0 heterocycles. The van der Waals surface area contributed by atoms with Gasteiger partial charge in [0.05, 0.1) is 16.0 Å². The van der Waals surface area contributed by atoms with Crippen LogP contribution < -0.4 is 10.0 Å². The van der Waals surface area contributed by atoms with Crippen molar-refractivity contribution in [3.63, 3.8) is 0 Å². The van der Waals surface area contributed by atoms with Crippen LogP contribution in [0, 0.1) is 0 Å². The lowest BCUT2D eigenvalue weighted by Crippen LogP contribution is -2.33. The van der Waals surface area contributed by atoms with Gasteiger partial charge < -0.3 is 15.2 Å². The molecule has 0 bridgehead atoms. The zero-order valence-corrected chi connectivity index (χ0v) is 23.1. The largest absolute Gasteiger partial charge is 0.507 e. The molecule has 0 fully saturated rings. The third-order valence-electron chi connectivity index (χ3n) is 6.45. The molecule has 2 amide bonds. The summed E-state index contributed by atoms with van der Waals surface area (Å²) in [4.78, 5) is 61.7. The summed E-state index contributed by atoms with van der Waals surface area (Å²) in [7, 11) is -4.54. The fraction of sp³-hybridized carbons (Fsp3) is 0.393. The number of hydrogen-bond acceptors (Lipinski definition) is 9. The Morgan fingerprint density at radius 3 is 2.12 bits per heavy atom.